The summed E-state index contributed by atoms with van der Waals surface area (Å²) in [6, 6.07) is 0. The minimum absolute atomic E-state index is 0.135. The monoisotopic (exact) mass is 127 g/mol. The Morgan fingerprint density at radius 1 is 1.56 bits per heavy atom. The van der Waals surface area contributed by atoms with Crippen molar-refractivity contribution < 1.29 is 4.74 Å². The zero-order valence-corrected chi connectivity index (χ0v) is 6.43. The molecule has 2 heteroatoms. The van der Waals surface area contributed by atoms with E-state index in [2.05, 4.69) is 4.90 Å². The van der Waals surface area contributed by atoms with E-state index in [1.165, 1.54) is 5.70 Å². The van der Waals surface area contributed by atoms with E-state index < -0.39 is 0 Å². The van der Waals surface area contributed by atoms with E-state index in [1.807, 2.05) is 27.8 Å². The number of hydrogen-bond acceptors (Lipinski definition) is 2. The van der Waals surface area contributed by atoms with Gasteiger partial charge in [0, 0.05) is 12.7 Å². The van der Waals surface area contributed by atoms with Gasteiger partial charge in [0.1, 0.15) is 6.26 Å². The molecule has 0 atom stereocenters. The van der Waals surface area contributed by atoms with Gasteiger partial charge in [-0.05, 0) is 20.8 Å². The molecule has 0 saturated heterocycles. The average molecular weight is 127 g/mol. The zero-order chi connectivity index (χ0) is 7.07. The van der Waals surface area contributed by atoms with Gasteiger partial charge in [0.05, 0.1) is 0 Å². The molecule has 0 amide bonds. The Bertz CT molecular complexity index is 149. The fourth-order valence-corrected chi connectivity index (χ4v) is 0.812. The van der Waals surface area contributed by atoms with Crippen molar-refractivity contribution in [3.8, 4) is 0 Å². The Morgan fingerprint density at radius 2 is 2.11 bits per heavy atom. The molecule has 0 saturated carbocycles. The molecular weight excluding hydrogens is 114 g/mol. The van der Waals surface area contributed by atoms with E-state index in [9.17, 15) is 0 Å². The van der Waals surface area contributed by atoms with Crippen molar-refractivity contribution >= 4 is 0 Å². The van der Waals surface area contributed by atoms with Crippen molar-refractivity contribution in [1.29, 1.82) is 0 Å². The Morgan fingerprint density at radius 3 is 2.22 bits per heavy atom. The normalized spacial score (nSPS) is 23.6. The highest BCUT2D eigenvalue weighted by molar-refractivity contribution is 5.01. The zero-order valence-electron chi connectivity index (χ0n) is 6.43. The Balaban J connectivity index is 2.73. The molecule has 0 aromatic rings. The Hall–Kier alpha value is -0.660. The van der Waals surface area contributed by atoms with Gasteiger partial charge < -0.3 is 9.64 Å². The van der Waals surface area contributed by atoms with Gasteiger partial charge in [-0.3, -0.25) is 0 Å². The predicted octanol–water partition coefficient (Wildman–Crippen LogP) is 1.55. The van der Waals surface area contributed by atoms with Gasteiger partial charge in [-0.15, -0.1) is 0 Å². The quantitative estimate of drug-likeness (QED) is 0.489. The topological polar surface area (TPSA) is 12.5 Å². The van der Waals surface area contributed by atoms with Crippen molar-refractivity contribution in [3.05, 3.63) is 12.0 Å². The molecule has 1 rings (SSSR count). The van der Waals surface area contributed by atoms with Crippen LogP contribution in [0.15, 0.2) is 12.0 Å². The second-order valence-electron chi connectivity index (χ2n) is 2.88. The highest BCUT2D eigenvalue weighted by Crippen LogP contribution is 2.25. The van der Waals surface area contributed by atoms with Crippen molar-refractivity contribution in [1.82, 2.24) is 4.90 Å². The molecule has 1 heterocycles. The third kappa shape index (κ3) is 0.889. The summed E-state index contributed by atoms with van der Waals surface area (Å²) in [6.45, 7) is 6.12. The van der Waals surface area contributed by atoms with Gasteiger partial charge >= 0.3 is 0 Å². The maximum absolute atomic E-state index is 5.33. The molecule has 0 radical (unpaired) electrons. The van der Waals surface area contributed by atoms with Crippen LogP contribution in [0.3, 0.4) is 0 Å². The second kappa shape index (κ2) is 1.66. The van der Waals surface area contributed by atoms with E-state index in [1.54, 1.807) is 6.26 Å². The molecule has 0 aliphatic carbocycles. The minimum Gasteiger partial charge on any atom is -0.474 e. The summed E-state index contributed by atoms with van der Waals surface area (Å²) in [4.78, 5) is 2.10. The fraction of sp³-hybridized carbons (Fsp3) is 0.714. The van der Waals surface area contributed by atoms with Crippen LogP contribution in [-0.4, -0.2) is 17.7 Å². The van der Waals surface area contributed by atoms with Gasteiger partial charge in [0.15, 0.2) is 5.72 Å². The SMILES string of the molecule is CC1=COC(C)(C)N1C. The van der Waals surface area contributed by atoms with Gasteiger partial charge in [0.2, 0.25) is 0 Å². The highest BCUT2D eigenvalue weighted by Gasteiger charge is 2.29. The van der Waals surface area contributed by atoms with Gasteiger partial charge in [-0.2, -0.15) is 0 Å². The summed E-state index contributed by atoms with van der Waals surface area (Å²) < 4.78 is 5.33. The standard InChI is InChI=1S/C7H13NO/c1-6-5-9-7(2,3)8(6)4/h5H,1-4H3. The van der Waals surface area contributed by atoms with Crippen LogP contribution in [0.2, 0.25) is 0 Å². The first kappa shape index (κ1) is 6.46. The average Bonchev–Trinajstić information content (AvgIpc) is 1.97. The van der Waals surface area contributed by atoms with E-state index in [-0.39, 0.29) is 5.72 Å². The number of ether oxygens (including phenoxy) is 1. The first-order chi connectivity index (χ1) is 4.04. The summed E-state index contributed by atoms with van der Waals surface area (Å²) in [6.07, 6.45) is 1.79. The van der Waals surface area contributed by atoms with Crippen LogP contribution in [-0.2, 0) is 4.74 Å². The van der Waals surface area contributed by atoms with Gasteiger partial charge in [-0.1, -0.05) is 0 Å². The van der Waals surface area contributed by atoms with Crippen molar-refractivity contribution in [2.24, 2.45) is 0 Å². The summed E-state index contributed by atoms with van der Waals surface area (Å²) in [5, 5.41) is 0. The summed E-state index contributed by atoms with van der Waals surface area (Å²) >= 11 is 0. The lowest BCUT2D eigenvalue weighted by molar-refractivity contribution is -0.0200. The minimum atomic E-state index is -0.135. The lowest BCUT2D eigenvalue weighted by atomic mass is 10.3. The van der Waals surface area contributed by atoms with Crippen molar-refractivity contribution in [3.63, 3.8) is 0 Å². The number of allylic oxidation sites excluding steroid dienone is 1. The van der Waals surface area contributed by atoms with Gasteiger partial charge in [0.25, 0.3) is 0 Å². The Labute approximate surface area is 56.1 Å². The van der Waals surface area contributed by atoms with E-state index in [0.29, 0.717) is 0 Å². The molecule has 2 nitrogen and oxygen atoms in total. The van der Waals surface area contributed by atoms with Gasteiger partial charge in [-0.25, -0.2) is 0 Å². The predicted molar refractivity (Wildman–Crippen MR) is 36.7 cm³/mol. The molecule has 0 aromatic heterocycles. The molecular formula is C7H13NO. The molecule has 0 aromatic carbocycles. The van der Waals surface area contributed by atoms with Crippen LogP contribution in [0.4, 0.5) is 0 Å². The lowest BCUT2D eigenvalue weighted by Crippen LogP contribution is -2.36. The number of nitrogens with zero attached hydrogens (tertiary/aromatic N) is 1. The molecule has 0 spiro atoms. The van der Waals surface area contributed by atoms with E-state index in [0.717, 1.165) is 0 Å². The fourth-order valence-electron chi connectivity index (χ4n) is 0.812. The lowest BCUT2D eigenvalue weighted by Gasteiger charge is -2.29. The largest absolute Gasteiger partial charge is 0.474 e. The molecule has 52 valence electrons. The van der Waals surface area contributed by atoms with Crippen LogP contribution in [0, 0.1) is 0 Å². The van der Waals surface area contributed by atoms with E-state index in [4.69, 9.17) is 4.74 Å². The Kier molecular flexibility index (Phi) is 1.19. The van der Waals surface area contributed by atoms with Crippen LogP contribution >= 0.6 is 0 Å². The first-order valence-corrected chi connectivity index (χ1v) is 3.12. The second-order valence-corrected chi connectivity index (χ2v) is 2.88. The number of rotatable bonds is 0. The first-order valence-electron chi connectivity index (χ1n) is 3.12. The third-order valence-corrected chi connectivity index (χ3v) is 1.85. The molecule has 1 aliphatic rings. The molecule has 0 fully saturated rings. The highest BCUT2D eigenvalue weighted by atomic mass is 16.5. The van der Waals surface area contributed by atoms with E-state index >= 15 is 0 Å². The summed E-state index contributed by atoms with van der Waals surface area (Å²) in [5.41, 5.74) is 1.05. The maximum atomic E-state index is 5.33. The van der Waals surface area contributed by atoms with Crippen molar-refractivity contribution in [2.75, 3.05) is 7.05 Å². The summed E-state index contributed by atoms with van der Waals surface area (Å²) in [5.74, 6) is 0. The number of hydrogen-bond donors (Lipinski definition) is 0. The molecule has 0 N–H and O–H groups in total. The molecule has 9 heavy (non-hydrogen) atoms. The molecule has 0 bridgehead atoms. The van der Waals surface area contributed by atoms with Crippen LogP contribution in [0.1, 0.15) is 20.8 Å². The summed E-state index contributed by atoms with van der Waals surface area (Å²) in [7, 11) is 2.03. The molecule has 1 aliphatic heterocycles. The smallest absolute Gasteiger partial charge is 0.176 e. The third-order valence-electron chi connectivity index (χ3n) is 1.85. The van der Waals surface area contributed by atoms with Crippen LogP contribution < -0.4 is 0 Å². The van der Waals surface area contributed by atoms with Crippen LogP contribution in [0.5, 0.6) is 0 Å². The van der Waals surface area contributed by atoms with Crippen molar-refractivity contribution in [2.45, 2.75) is 26.5 Å². The van der Waals surface area contributed by atoms with Crippen LogP contribution in [0.25, 0.3) is 0 Å². The maximum Gasteiger partial charge on any atom is 0.176 e. The molecule has 0 unspecified atom stereocenters.